The van der Waals surface area contributed by atoms with Crippen LogP contribution >= 0.6 is 0 Å². The van der Waals surface area contributed by atoms with Gasteiger partial charge in [0.15, 0.2) is 0 Å². The standard InChI is InChI=1S/C17H21N/c1-5-12(2)16-11-15(10-9-13(16)3)17-8-6-7-14(4)18-17/h6-12H,5H2,1-4H3. The van der Waals surface area contributed by atoms with Crippen molar-refractivity contribution in [2.45, 2.75) is 40.0 Å². The van der Waals surface area contributed by atoms with Crippen LogP contribution < -0.4 is 0 Å². The molecule has 0 amide bonds. The highest BCUT2D eigenvalue weighted by Crippen LogP contribution is 2.27. The van der Waals surface area contributed by atoms with E-state index in [1.165, 1.54) is 23.1 Å². The van der Waals surface area contributed by atoms with Gasteiger partial charge in [-0.1, -0.05) is 32.0 Å². The number of benzene rings is 1. The maximum absolute atomic E-state index is 4.60. The van der Waals surface area contributed by atoms with E-state index in [2.05, 4.69) is 56.1 Å². The zero-order valence-electron chi connectivity index (χ0n) is 11.7. The van der Waals surface area contributed by atoms with Crippen molar-refractivity contribution in [3.8, 4) is 11.3 Å². The van der Waals surface area contributed by atoms with E-state index in [-0.39, 0.29) is 0 Å². The summed E-state index contributed by atoms with van der Waals surface area (Å²) in [5, 5.41) is 0. The molecule has 1 nitrogen and oxygen atoms in total. The van der Waals surface area contributed by atoms with Crippen molar-refractivity contribution in [3.05, 3.63) is 53.2 Å². The number of hydrogen-bond donors (Lipinski definition) is 0. The first-order valence-corrected chi connectivity index (χ1v) is 6.66. The molecule has 18 heavy (non-hydrogen) atoms. The smallest absolute Gasteiger partial charge is 0.0705 e. The Kier molecular flexibility index (Phi) is 3.81. The molecule has 0 bridgehead atoms. The molecule has 0 aliphatic heterocycles. The van der Waals surface area contributed by atoms with Gasteiger partial charge in [0.25, 0.3) is 0 Å². The Morgan fingerprint density at radius 3 is 2.56 bits per heavy atom. The maximum atomic E-state index is 4.60. The average Bonchev–Trinajstić information content (AvgIpc) is 2.38. The third-order valence-electron chi connectivity index (χ3n) is 3.61. The van der Waals surface area contributed by atoms with Gasteiger partial charge >= 0.3 is 0 Å². The van der Waals surface area contributed by atoms with Crippen molar-refractivity contribution in [2.24, 2.45) is 0 Å². The Labute approximate surface area is 110 Å². The van der Waals surface area contributed by atoms with Crippen LogP contribution in [-0.2, 0) is 0 Å². The molecule has 2 rings (SSSR count). The number of rotatable bonds is 3. The molecule has 1 heteroatoms. The quantitative estimate of drug-likeness (QED) is 0.744. The van der Waals surface area contributed by atoms with E-state index >= 15 is 0 Å². The SMILES string of the molecule is CCC(C)c1cc(-c2cccc(C)n2)ccc1C. The minimum Gasteiger partial charge on any atom is -0.253 e. The number of pyridine rings is 1. The average molecular weight is 239 g/mol. The second-order valence-electron chi connectivity index (χ2n) is 5.04. The first-order chi connectivity index (χ1) is 8.61. The van der Waals surface area contributed by atoms with Crippen LogP contribution in [0.1, 0.15) is 43.0 Å². The van der Waals surface area contributed by atoms with Crippen molar-refractivity contribution >= 4 is 0 Å². The molecule has 1 atom stereocenters. The molecule has 0 radical (unpaired) electrons. The van der Waals surface area contributed by atoms with E-state index < -0.39 is 0 Å². The molecule has 1 aromatic heterocycles. The topological polar surface area (TPSA) is 12.9 Å². The first-order valence-electron chi connectivity index (χ1n) is 6.66. The Bertz CT molecular complexity index is 543. The zero-order valence-corrected chi connectivity index (χ0v) is 11.7. The first kappa shape index (κ1) is 12.8. The highest BCUT2D eigenvalue weighted by molar-refractivity contribution is 5.61. The molecular weight excluding hydrogens is 218 g/mol. The van der Waals surface area contributed by atoms with Gasteiger partial charge in [-0.2, -0.15) is 0 Å². The fourth-order valence-electron chi connectivity index (χ4n) is 2.25. The lowest BCUT2D eigenvalue weighted by Gasteiger charge is -2.14. The lowest BCUT2D eigenvalue weighted by Crippen LogP contribution is -1.96. The molecule has 0 saturated heterocycles. The monoisotopic (exact) mass is 239 g/mol. The van der Waals surface area contributed by atoms with Gasteiger partial charge in [0.1, 0.15) is 0 Å². The molecule has 0 aliphatic carbocycles. The van der Waals surface area contributed by atoms with Crippen molar-refractivity contribution in [1.82, 2.24) is 4.98 Å². The van der Waals surface area contributed by atoms with Crippen LogP contribution in [0.3, 0.4) is 0 Å². The number of aromatic nitrogens is 1. The summed E-state index contributed by atoms with van der Waals surface area (Å²) in [5.74, 6) is 0.606. The molecule has 94 valence electrons. The fraction of sp³-hybridized carbons (Fsp3) is 0.353. The number of nitrogens with zero attached hydrogens (tertiary/aromatic N) is 1. The molecule has 1 unspecified atom stereocenters. The number of hydrogen-bond acceptors (Lipinski definition) is 1. The normalized spacial score (nSPS) is 12.4. The fourth-order valence-corrected chi connectivity index (χ4v) is 2.25. The van der Waals surface area contributed by atoms with Crippen LogP contribution in [0.15, 0.2) is 36.4 Å². The lowest BCUT2D eigenvalue weighted by atomic mass is 9.92. The predicted molar refractivity (Wildman–Crippen MR) is 77.9 cm³/mol. The van der Waals surface area contributed by atoms with E-state index in [9.17, 15) is 0 Å². The highest BCUT2D eigenvalue weighted by atomic mass is 14.7. The van der Waals surface area contributed by atoms with Crippen molar-refractivity contribution in [2.75, 3.05) is 0 Å². The Hall–Kier alpha value is -1.63. The van der Waals surface area contributed by atoms with Gasteiger partial charge in [-0.25, -0.2) is 0 Å². The van der Waals surface area contributed by atoms with Crippen LogP contribution in [0, 0.1) is 13.8 Å². The molecule has 0 saturated carbocycles. The second-order valence-corrected chi connectivity index (χ2v) is 5.04. The van der Waals surface area contributed by atoms with E-state index in [0.717, 1.165) is 11.4 Å². The van der Waals surface area contributed by atoms with Crippen molar-refractivity contribution in [1.29, 1.82) is 0 Å². The van der Waals surface area contributed by atoms with Gasteiger partial charge < -0.3 is 0 Å². The van der Waals surface area contributed by atoms with Gasteiger partial charge in [0, 0.05) is 11.3 Å². The van der Waals surface area contributed by atoms with Crippen LogP contribution in [-0.4, -0.2) is 4.98 Å². The highest BCUT2D eigenvalue weighted by Gasteiger charge is 2.08. The summed E-state index contributed by atoms with van der Waals surface area (Å²) in [6.45, 7) is 8.75. The van der Waals surface area contributed by atoms with Crippen LogP contribution in [0.2, 0.25) is 0 Å². The van der Waals surface area contributed by atoms with Gasteiger partial charge in [-0.05, 0) is 55.5 Å². The van der Waals surface area contributed by atoms with E-state index in [4.69, 9.17) is 0 Å². The third kappa shape index (κ3) is 2.61. The van der Waals surface area contributed by atoms with Crippen molar-refractivity contribution < 1.29 is 0 Å². The van der Waals surface area contributed by atoms with Crippen LogP contribution in [0.5, 0.6) is 0 Å². The van der Waals surface area contributed by atoms with Crippen molar-refractivity contribution in [3.63, 3.8) is 0 Å². The summed E-state index contributed by atoms with van der Waals surface area (Å²) in [6, 6.07) is 12.9. The second kappa shape index (κ2) is 5.34. The minimum absolute atomic E-state index is 0.606. The zero-order chi connectivity index (χ0) is 13.1. The van der Waals surface area contributed by atoms with Gasteiger partial charge in [0.2, 0.25) is 0 Å². The summed E-state index contributed by atoms with van der Waals surface area (Å²) in [5.41, 5.74) is 6.18. The molecule has 1 heterocycles. The Morgan fingerprint density at radius 1 is 1.11 bits per heavy atom. The van der Waals surface area contributed by atoms with E-state index in [0.29, 0.717) is 5.92 Å². The summed E-state index contributed by atoms with van der Waals surface area (Å²) in [7, 11) is 0. The largest absolute Gasteiger partial charge is 0.253 e. The summed E-state index contributed by atoms with van der Waals surface area (Å²) in [6.07, 6.45) is 1.17. The van der Waals surface area contributed by atoms with Gasteiger partial charge in [-0.3, -0.25) is 4.98 Å². The summed E-state index contributed by atoms with van der Waals surface area (Å²) >= 11 is 0. The van der Waals surface area contributed by atoms with E-state index in [1.54, 1.807) is 0 Å². The summed E-state index contributed by atoms with van der Waals surface area (Å²) in [4.78, 5) is 4.60. The summed E-state index contributed by atoms with van der Waals surface area (Å²) < 4.78 is 0. The predicted octanol–water partition coefficient (Wildman–Crippen LogP) is 4.88. The Morgan fingerprint density at radius 2 is 1.89 bits per heavy atom. The minimum atomic E-state index is 0.606. The number of aryl methyl sites for hydroxylation is 2. The lowest BCUT2D eigenvalue weighted by molar-refractivity contribution is 0.728. The van der Waals surface area contributed by atoms with E-state index in [1.807, 2.05) is 13.0 Å². The molecular formula is C17H21N. The maximum Gasteiger partial charge on any atom is 0.0705 e. The van der Waals surface area contributed by atoms with Gasteiger partial charge in [-0.15, -0.1) is 0 Å². The molecule has 0 N–H and O–H groups in total. The molecule has 1 aromatic carbocycles. The molecule has 0 aliphatic rings. The van der Waals surface area contributed by atoms with Crippen LogP contribution in [0.25, 0.3) is 11.3 Å². The Balaban J connectivity index is 2.47. The van der Waals surface area contributed by atoms with Gasteiger partial charge in [0.05, 0.1) is 5.69 Å². The molecule has 0 fully saturated rings. The molecule has 2 aromatic rings. The van der Waals surface area contributed by atoms with Crippen LogP contribution in [0.4, 0.5) is 0 Å². The molecule has 0 spiro atoms. The third-order valence-corrected chi connectivity index (χ3v) is 3.61.